The van der Waals surface area contributed by atoms with Crippen molar-refractivity contribution in [3.63, 3.8) is 0 Å². The molecule has 0 aliphatic heterocycles. The molecule has 0 saturated carbocycles. The average molecular weight is 267 g/mol. The molecule has 0 unspecified atom stereocenters. The second-order valence-electron chi connectivity index (χ2n) is 0.210. The zero-order valence-corrected chi connectivity index (χ0v) is 5.36. The molecular formula is C2H4AuN3. The monoisotopic (exact) mass is 267 g/mol. The van der Waals surface area contributed by atoms with Gasteiger partial charge in [-0.3, -0.25) is 0 Å². The van der Waals surface area contributed by atoms with Crippen molar-refractivity contribution >= 4 is 0 Å². The fraction of sp³-hybridized carbons (Fsp3) is 0. The van der Waals surface area contributed by atoms with E-state index in [1.165, 1.54) is 0 Å². The molecule has 0 aliphatic carbocycles. The average Bonchev–Trinajstić information content (AvgIpc) is 1.41. The normalized spacial score (nSPS) is 4.33. The number of hydrogen-bond donors (Lipinski definition) is 1. The van der Waals surface area contributed by atoms with Crippen molar-refractivity contribution in [3.8, 4) is 8.57 Å². The van der Waals surface area contributed by atoms with Crippen LogP contribution in [0, 0.1) is 19.1 Å². The summed E-state index contributed by atoms with van der Waals surface area (Å²) >= 11 is -0.670. The van der Waals surface area contributed by atoms with Gasteiger partial charge in [0.15, 0.2) is 0 Å². The molecule has 0 spiro atoms. The van der Waals surface area contributed by atoms with Crippen LogP contribution in [0.3, 0.4) is 0 Å². The van der Waals surface area contributed by atoms with Gasteiger partial charge in [-0.05, 0) is 0 Å². The van der Waals surface area contributed by atoms with E-state index < -0.39 is 19.8 Å². The van der Waals surface area contributed by atoms with Crippen molar-refractivity contribution in [1.82, 2.24) is 6.15 Å². The summed E-state index contributed by atoms with van der Waals surface area (Å²) in [4.78, 5) is 0. The van der Waals surface area contributed by atoms with Crippen molar-refractivity contribution in [2.24, 2.45) is 0 Å². The largest absolute Gasteiger partial charge is 0.369 e. The van der Waals surface area contributed by atoms with Gasteiger partial charge in [-0.25, -0.2) is 0 Å². The third-order valence-corrected chi connectivity index (χ3v) is 0.552. The van der Waals surface area contributed by atoms with E-state index in [9.17, 15) is 0 Å². The van der Waals surface area contributed by atoms with Gasteiger partial charge in [0, 0.05) is 0 Å². The number of quaternary nitrogens is 1. The van der Waals surface area contributed by atoms with Crippen molar-refractivity contribution in [2.45, 2.75) is 0 Å². The molecule has 0 amide bonds. The summed E-state index contributed by atoms with van der Waals surface area (Å²) in [6.45, 7) is 0. The van der Waals surface area contributed by atoms with Crippen LogP contribution in [0.1, 0.15) is 0 Å². The maximum atomic E-state index is 7.64. The second kappa shape index (κ2) is 8.82. The molecule has 0 atom stereocenters. The molecule has 3 nitrogen and oxygen atoms in total. The molecule has 0 radical (unpaired) electrons. The van der Waals surface area contributed by atoms with Gasteiger partial charge in [0.05, 0.1) is 0 Å². The Hall–Kier alpha value is -0.320. The molecule has 0 bridgehead atoms. The van der Waals surface area contributed by atoms with Crippen LogP contribution in [0.2, 0.25) is 0 Å². The molecule has 0 aromatic heterocycles. The molecule has 38 valence electrons. The third kappa shape index (κ3) is 9.36. The first-order valence-electron chi connectivity index (χ1n) is 0.749. The Balaban J connectivity index is 0. The third-order valence-electron chi connectivity index (χ3n) is 0.0674. The van der Waals surface area contributed by atoms with E-state index in [0.29, 0.717) is 0 Å². The summed E-state index contributed by atoms with van der Waals surface area (Å²) in [7, 11) is 0. The molecule has 4 heteroatoms. The van der Waals surface area contributed by atoms with Gasteiger partial charge in [0.1, 0.15) is 0 Å². The Morgan fingerprint density at radius 3 is 1.50 bits per heavy atom. The first-order valence-corrected chi connectivity index (χ1v) is 2.92. The van der Waals surface area contributed by atoms with Gasteiger partial charge in [-0.15, -0.1) is 0 Å². The zero-order chi connectivity index (χ0) is 4.12. The fourth-order valence-corrected chi connectivity index (χ4v) is 0.123. The van der Waals surface area contributed by atoms with Crippen LogP contribution < -0.4 is 6.15 Å². The summed E-state index contributed by atoms with van der Waals surface area (Å²) in [5.41, 5.74) is 0. The van der Waals surface area contributed by atoms with Gasteiger partial charge in [0.25, 0.3) is 0 Å². The number of hydrogen-bond acceptors (Lipinski definition) is 2. The minimum atomic E-state index is -0.670. The first kappa shape index (κ1) is 9.19. The number of nitrogens with zero attached hydrogens (tertiary/aromatic N) is 2. The fourth-order valence-electron chi connectivity index (χ4n) is 0.0151. The molecule has 6 heavy (non-hydrogen) atoms. The first-order chi connectivity index (χ1) is 2.41. The predicted molar refractivity (Wildman–Crippen MR) is 17.2 cm³/mol. The predicted octanol–water partition coefficient (Wildman–Crippen LogP) is 0.407. The molecule has 0 aromatic carbocycles. The molecular weight excluding hydrogens is 263 g/mol. The Morgan fingerprint density at radius 1 is 1.17 bits per heavy atom. The van der Waals surface area contributed by atoms with Crippen LogP contribution in [-0.2, 0) is 19.8 Å². The van der Waals surface area contributed by atoms with Crippen molar-refractivity contribution in [1.29, 1.82) is 10.5 Å². The number of nitriles is 2. The topological polar surface area (TPSA) is 84.1 Å². The quantitative estimate of drug-likeness (QED) is 0.644. The van der Waals surface area contributed by atoms with E-state index in [1.54, 1.807) is 8.57 Å². The van der Waals surface area contributed by atoms with Gasteiger partial charge >= 0.3 is 38.9 Å². The number of rotatable bonds is 0. The van der Waals surface area contributed by atoms with Gasteiger partial charge < -0.3 is 6.15 Å². The summed E-state index contributed by atoms with van der Waals surface area (Å²) in [5, 5.41) is 15.3. The second-order valence-corrected chi connectivity index (χ2v) is 1.72. The Morgan fingerprint density at radius 2 is 1.50 bits per heavy atom. The van der Waals surface area contributed by atoms with E-state index in [0.717, 1.165) is 0 Å². The van der Waals surface area contributed by atoms with E-state index in [-0.39, 0.29) is 6.15 Å². The van der Waals surface area contributed by atoms with E-state index in [2.05, 4.69) is 0 Å². The Bertz CT molecular complexity index is 73.9. The maximum absolute atomic E-state index is 7.64. The van der Waals surface area contributed by atoms with Crippen LogP contribution in [0.5, 0.6) is 0 Å². The smallest absolute Gasteiger partial charge is 0.369 e. The summed E-state index contributed by atoms with van der Waals surface area (Å²) < 4.78 is 3.51. The van der Waals surface area contributed by atoms with Crippen molar-refractivity contribution in [3.05, 3.63) is 0 Å². The van der Waals surface area contributed by atoms with E-state index in [1.807, 2.05) is 0 Å². The zero-order valence-electron chi connectivity index (χ0n) is 3.20. The SMILES string of the molecule is N#[C][Au-][C]#N.[NH4+]. The van der Waals surface area contributed by atoms with Crippen LogP contribution in [0.25, 0.3) is 0 Å². The van der Waals surface area contributed by atoms with Crippen LogP contribution in [0.4, 0.5) is 0 Å². The van der Waals surface area contributed by atoms with E-state index >= 15 is 0 Å². The van der Waals surface area contributed by atoms with Crippen LogP contribution in [0.15, 0.2) is 0 Å². The van der Waals surface area contributed by atoms with Crippen molar-refractivity contribution < 1.29 is 19.8 Å². The summed E-state index contributed by atoms with van der Waals surface area (Å²) in [6.07, 6.45) is 0. The molecule has 0 rings (SSSR count). The Labute approximate surface area is 45.5 Å². The standard InChI is InChI=1S/2CN.Au.H3N/c2*1-2;;/h;;;1H3/q;;-1;/p+1. The molecule has 0 aliphatic rings. The molecule has 0 heterocycles. The minimum Gasteiger partial charge on any atom is -0.369 e. The molecule has 4 N–H and O–H groups in total. The molecule has 0 aromatic rings. The van der Waals surface area contributed by atoms with E-state index in [4.69, 9.17) is 10.5 Å². The maximum Gasteiger partial charge on any atom is -0.369 e. The molecule has 0 saturated heterocycles. The minimum absolute atomic E-state index is 0. The van der Waals surface area contributed by atoms with Crippen LogP contribution >= 0.6 is 0 Å². The van der Waals surface area contributed by atoms with Gasteiger partial charge in [-0.1, -0.05) is 0 Å². The van der Waals surface area contributed by atoms with Crippen LogP contribution in [-0.4, -0.2) is 0 Å². The Kier molecular flexibility index (Phi) is 13.5. The molecule has 0 fully saturated rings. The van der Waals surface area contributed by atoms with Gasteiger partial charge in [-0.2, -0.15) is 0 Å². The summed E-state index contributed by atoms with van der Waals surface area (Å²) in [6, 6.07) is 0. The van der Waals surface area contributed by atoms with Crippen molar-refractivity contribution in [2.75, 3.05) is 0 Å². The van der Waals surface area contributed by atoms with Gasteiger partial charge in [0.2, 0.25) is 0 Å². The summed E-state index contributed by atoms with van der Waals surface area (Å²) in [5.74, 6) is 0.